The number of rotatable bonds is 7. The van der Waals surface area contributed by atoms with Gasteiger partial charge in [0.15, 0.2) is 0 Å². The Morgan fingerprint density at radius 1 is 1.21 bits per heavy atom. The number of carbonyl (C=O) groups is 1. The quantitative estimate of drug-likeness (QED) is 0.670. The molecular weight excluding hydrogens is 328 g/mol. The van der Waals surface area contributed by atoms with Crippen LogP contribution in [0.1, 0.15) is 23.7 Å². The fourth-order valence-electron chi connectivity index (χ4n) is 2.25. The predicted octanol–water partition coefficient (Wildman–Crippen LogP) is 2.48. The van der Waals surface area contributed by atoms with E-state index < -0.39 is 6.10 Å². The number of ether oxygens (including phenoxy) is 1. The number of amides is 1. The van der Waals surface area contributed by atoms with E-state index in [4.69, 9.17) is 10.5 Å². The molecule has 5 nitrogen and oxygen atoms in total. The summed E-state index contributed by atoms with van der Waals surface area (Å²) in [7, 11) is 1.59. The van der Waals surface area contributed by atoms with Crippen molar-refractivity contribution < 1.29 is 14.6 Å². The number of aliphatic hydroxyl groups is 1. The maximum absolute atomic E-state index is 11.9. The van der Waals surface area contributed by atoms with E-state index in [9.17, 15) is 9.90 Å². The molecule has 0 saturated carbocycles. The third-order valence-corrected chi connectivity index (χ3v) is 3.67. The van der Waals surface area contributed by atoms with Gasteiger partial charge in [-0.05, 0) is 35.7 Å². The van der Waals surface area contributed by atoms with Crippen LogP contribution in [0.2, 0.25) is 0 Å². The molecule has 0 aliphatic carbocycles. The Morgan fingerprint density at radius 2 is 1.88 bits per heavy atom. The molecule has 0 fully saturated rings. The Balaban J connectivity index is 0.00000288. The van der Waals surface area contributed by atoms with Crippen LogP contribution in [-0.4, -0.2) is 24.7 Å². The first-order chi connectivity index (χ1) is 11.1. The molecule has 0 radical (unpaired) electrons. The number of carbonyl (C=O) groups excluding carboxylic acids is 1. The Bertz CT molecular complexity index is 647. The van der Waals surface area contributed by atoms with Crippen molar-refractivity contribution in [2.75, 3.05) is 19.4 Å². The molecule has 0 bridgehead atoms. The second kappa shape index (κ2) is 9.80. The van der Waals surface area contributed by atoms with E-state index in [-0.39, 0.29) is 24.9 Å². The minimum absolute atomic E-state index is 0. The summed E-state index contributed by atoms with van der Waals surface area (Å²) in [6, 6.07) is 14.6. The van der Waals surface area contributed by atoms with Crippen LogP contribution in [0, 0.1) is 0 Å². The first kappa shape index (κ1) is 19.8. The molecule has 6 heteroatoms. The summed E-state index contributed by atoms with van der Waals surface area (Å²) >= 11 is 0. The highest BCUT2D eigenvalue weighted by atomic mass is 35.5. The zero-order valence-electron chi connectivity index (χ0n) is 13.6. The molecule has 0 aromatic heterocycles. The average molecular weight is 351 g/mol. The van der Waals surface area contributed by atoms with E-state index in [0.717, 1.165) is 16.9 Å². The van der Waals surface area contributed by atoms with Gasteiger partial charge in [-0.3, -0.25) is 4.79 Å². The monoisotopic (exact) mass is 350 g/mol. The van der Waals surface area contributed by atoms with Gasteiger partial charge >= 0.3 is 0 Å². The normalized spacial score (nSPS) is 11.2. The highest BCUT2D eigenvalue weighted by molar-refractivity contribution is 5.85. The summed E-state index contributed by atoms with van der Waals surface area (Å²) < 4.78 is 5.07. The summed E-state index contributed by atoms with van der Waals surface area (Å²) in [6.07, 6.45) is 0.174. The molecule has 4 N–H and O–H groups in total. The minimum Gasteiger partial charge on any atom is -0.497 e. The Morgan fingerprint density at radius 3 is 2.50 bits per heavy atom. The number of aryl methyl sites for hydroxylation is 1. The molecule has 1 unspecified atom stereocenters. The smallest absolute Gasteiger partial charge is 0.220 e. The SMILES string of the molecule is COc1ccc(C(O)CNC(=O)CCc2ccccc2N)cc1.Cl. The summed E-state index contributed by atoms with van der Waals surface area (Å²) in [5, 5.41) is 12.8. The first-order valence-corrected chi connectivity index (χ1v) is 7.52. The summed E-state index contributed by atoms with van der Waals surface area (Å²) in [4.78, 5) is 11.9. The van der Waals surface area contributed by atoms with Gasteiger partial charge in [0.05, 0.1) is 13.2 Å². The highest BCUT2D eigenvalue weighted by Crippen LogP contribution is 2.17. The fourth-order valence-corrected chi connectivity index (χ4v) is 2.25. The molecular formula is C18H23ClN2O3. The number of benzene rings is 2. The predicted molar refractivity (Wildman–Crippen MR) is 97.4 cm³/mol. The molecule has 0 heterocycles. The Hall–Kier alpha value is -2.24. The number of nitrogens with one attached hydrogen (secondary N) is 1. The molecule has 1 atom stereocenters. The lowest BCUT2D eigenvalue weighted by Gasteiger charge is -2.13. The molecule has 0 aliphatic rings. The van der Waals surface area contributed by atoms with Gasteiger partial charge in [0.1, 0.15) is 5.75 Å². The van der Waals surface area contributed by atoms with Crippen LogP contribution >= 0.6 is 12.4 Å². The number of nitrogens with two attached hydrogens (primary N) is 1. The van der Waals surface area contributed by atoms with Gasteiger partial charge in [0.25, 0.3) is 0 Å². The van der Waals surface area contributed by atoms with E-state index in [1.54, 1.807) is 31.4 Å². The van der Waals surface area contributed by atoms with Crippen molar-refractivity contribution in [3.05, 3.63) is 59.7 Å². The van der Waals surface area contributed by atoms with Gasteiger partial charge in [-0.25, -0.2) is 0 Å². The number of anilines is 1. The van der Waals surface area contributed by atoms with Gasteiger partial charge in [0, 0.05) is 18.7 Å². The maximum Gasteiger partial charge on any atom is 0.220 e. The lowest BCUT2D eigenvalue weighted by atomic mass is 10.1. The third kappa shape index (κ3) is 5.76. The largest absolute Gasteiger partial charge is 0.497 e. The van der Waals surface area contributed by atoms with Crippen molar-refractivity contribution in [3.8, 4) is 5.75 Å². The van der Waals surface area contributed by atoms with Crippen molar-refractivity contribution in [2.45, 2.75) is 18.9 Å². The molecule has 0 spiro atoms. The van der Waals surface area contributed by atoms with Gasteiger partial charge in [0.2, 0.25) is 5.91 Å². The topological polar surface area (TPSA) is 84.6 Å². The Kier molecular flexibility index (Phi) is 8.09. The van der Waals surface area contributed by atoms with E-state index in [1.165, 1.54) is 0 Å². The molecule has 0 aliphatic heterocycles. The van der Waals surface area contributed by atoms with Crippen LogP contribution in [0.15, 0.2) is 48.5 Å². The fraction of sp³-hybridized carbons (Fsp3) is 0.278. The standard InChI is InChI=1S/C18H22N2O3.ClH/c1-23-15-9-6-14(7-10-15)17(21)12-20-18(22)11-8-13-4-2-3-5-16(13)19;/h2-7,9-10,17,21H,8,11-12,19H2,1H3,(H,20,22);1H. The van der Waals surface area contributed by atoms with Crippen molar-refractivity contribution in [2.24, 2.45) is 0 Å². The number of para-hydroxylation sites is 1. The number of methoxy groups -OCH3 is 1. The lowest BCUT2D eigenvalue weighted by Crippen LogP contribution is -2.28. The third-order valence-electron chi connectivity index (χ3n) is 3.67. The molecule has 2 aromatic rings. The van der Waals surface area contributed by atoms with E-state index in [1.807, 2.05) is 24.3 Å². The van der Waals surface area contributed by atoms with Crippen LogP contribution in [-0.2, 0) is 11.2 Å². The molecule has 2 rings (SSSR count). The Labute approximate surface area is 148 Å². The number of hydrogen-bond acceptors (Lipinski definition) is 4. The second-order valence-electron chi connectivity index (χ2n) is 5.29. The van der Waals surface area contributed by atoms with Gasteiger partial charge in [-0.2, -0.15) is 0 Å². The zero-order valence-corrected chi connectivity index (χ0v) is 14.4. The van der Waals surface area contributed by atoms with Crippen LogP contribution < -0.4 is 15.8 Å². The first-order valence-electron chi connectivity index (χ1n) is 7.52. The van der Waals surface area contributed by atoms with Crippen LogP contribution in [0.25, 0.3) is 0 Å². The average Bonchev–Trinajstić information content (AvgIpc) is 2.59. The molecule has 1 amide bonds. The maximum atomic E-state index is 11.9. The number of aliphatic hydroxyl groups excluding tert-OH is 1. The molecule has 24 heavy (non-hydrogen) atoms. The van der Waals surface area contributed by atoms with Crippen LogP contribution in [0.4, 0.5) is 5.69 Å². The minimum atomic E-state index is -0.744. The van der Waals surface area contributed by atoms with Crippen molar-refractivity contribution in [1.29, 1.82) is 0 Å². The number of hydrogen-bond donors (Lipinski definition) is 3. The van der Waals surface area contributed by atoms with Crippen molar-refractivity contribution >= 4 is 24.0 Å². The second-order valence-corrected chi connectivity index (χ2v) is 5.29. The molecule has 0 saturated heterocycles. The van der Waals surface area contributed by atoms with Crippen LogP contribution in [0.3, 0.4) is 0 Å². The van der Waals surface area contributed by atoms with E-state index in [2.05, 4.69) is 5.32 Å². The summed E-state index contributed by atoms with van der Waals surface area (Å²) in [6.45, 7) is 0.176. The number of halogens is 1. The van der Waals surface area contributed by atoms with Crippen molar-refractivity contribution in [3.63, 3.8) is 0 Å². The summed E-state index contributed by atoms with van der Waals surface area (Å²) in [5.74, 6) is 0.617. The number of nitrogen functional groups attached to an aromatic ring is 1. The van der Waals surface area contributed by atoms with E-state index >= 15 is 0 Å². The van der Waals surface area contributed by atoms with Crippen molar-refractivity contribution in [1.82, 2.24) is 5.32 Å². The van der Waals surface area contributed by atoms with E-state index in [0.29, 0.717) is 18.5 Å². The van der Waals surface area contributed by atoms with Gasteiger partial charge in [-0.1, -0.05) is 30.3 Å². The molecule has 2 aromatic carbocycles. The van der Waals surface area contributed by atoms with Gasteiger partial charge < -0.3 is 20.9 Å². The van der Waals surface area contributed by atoms with Crippen LogP contribution in [0.5, 0.6) is 5.75 Å². The molecule has 130 valence electrons. The lowest BCUT2D eigenvalue weighted by molar-refractivity contribution is -0.121. The highest BCUT2D eigenvalue weighted by Gasteiger charge is 2.10. The zero-order chi connectivity index (χ0) is 16.7. The van der Waals surface area contributed by atoms with Gasteiger partial charge in [-0.15, -0.1) is 12.4 Å². The summed E-state index contributed by atoms with van der Waals surface area (Å²) in [5.41, 5.74) is 8.23.